The molecule has 0 spiro atoms. The van der Waals surface area contributed by atoms with Gasteiger partial charge in [0, 0.05) is 32.4 Å². The first-order chi connectivity index (χ1) is 9.56. The molecule has 21 heavy (non-hydrogen) atoms. The Labute approximate surface area is 153 Å². The molecular weight excluding hydrogens is 424 g/mol. The number of aromatic nitrogens is 1. The lowest BCUT2D eigenvalue weighted by Gasteiger charge is -2.16. The molecule has 1 aromatic rings. The fourth-order valence-corrected chi connectivity index (χ4v) is 1.88. The highest BCUT2D eigenvalue weighted by atomic mass is 127. The Balaban J connectivity index is 0.00000400. The number of hydrogen-bond donors (Lipinski definition) is 3. The Hall–Kier alpha value is -0.470. The molecule has 1 aromatic heterocycles. The van der Waals surface area contributed by atoms with Crippen molar-refractivity contribution in [2.75, 3.05) is 25.5 Å². The predicted molar refractivity (Wildman–Crippen MR) is 102 cm³/mol. The molecular formula is C13H22Cl2IN5. The van der Waals surface area contributed by atoms with E-state index >= 15 is 0 Å². The zero-order valence-electron chi connectivity index (χ0n) is 12.4. The monoisotopic (exact) mass is 445 g/mol. The zero-order valence-corrected chi connectivity index (χ0v) is 16.3. The second-order valence-corrected chi connectivity index (χ2v) is 5.21. The van der Waals surface area contributed by atoms with Crippen molar-refractivity contribution >= 4 is 59.0 Å². The average Bonchev–Trinajstić information content (AvgIpc) is 2.43. The quantitative estimate of drug-likeness (QED) is 0.272. The van der Waals surface area contributed by atoms with Crippen LogP contribution in [0.15, 0.2) is 17.3 Å². The highest BCUT2D eigenvalue weighted by Crippen LogP contribution is 2.21. The molecule has 0 aliphatic carbocycles. The van der Waals surface area contributed by atoms with Crippen LogP contribution in [0.5, 0.6) is 0 Å². The van der Waals surface area contributed by atoms with Gasteiger partial charge in [-0.05, 0) is 19.4 Å². The van der Waals surface area contributed by atoms with Gasteiger partial charge in [0.1, 0.15) is 5.82 Å². The summed E-state index contributed by atoms with van der Waals surface area (Å²) in [7, 11) is 1.75. The van der Waals surface area contributed by atoms with E-state index in [4.69, 9.17) is 23.2 Å². The van der Waals surface area contributed by atoms with Gasteiger partial charge in [-0.1, -0.05) is 30.1 Å². The summed E-state index contributed by atoms with van der Waals surface area (Å²) in [6, 6.07) is 2.05. The van der Waals surface area contributed by atoms with Gasteiger partial charge in [-0.3, -0.25) is 4.99 Å². The fourth-order valence-electron chi connectivity index (χ4n) is 1.44. The van der Waals surface area contributed by atoms with Gasteiger partial charge in [-0.2, -0.15) is 0 Å². The normalized spacial score (nSPS) is 12.3. The van der Waals surface area contributed by atoms with Crippen molar-refractivity contribution in [3.63, 3.8) is 0 Å². The van der Waals surface area contributed by atoms with Crippen LogP contribution in [0.3, 0.4) is 0 Å². The Morgan fingerprint density at radius 3 is 2.67 bits per heavy atom. The maximum atomic E-state index is 6.02. The first-order valence-electron chi connectivity index (χ1n) is 6.59. The molecule has 1 atom stereocenters. The highest BCUT2D eigenvalue weighted by Gasteiger charge is 2.03. The summed E-state index contributed by atoms with van der Waals surface area (Å²) in [5, 5.41) is 10.7. The lowest BCUT2D eigenvalue weighted by molar-refractivity contribution is 0.625. The number of halogens is 3. The van der Waals surface area contributed by atoms with E-state index in [0.29, 0.717) is 35.0 Å². The van der Waals surface area contributed by atoms with Gasteiger partial charge in [0.2, 0.25) is 0 Å². The summed E-state index contributed by atoms with van der Waals surface area (Å²) < 4.78 is 0. The fraction of sp³-hybridized carbons (Fsp3) is 0.538. The molecule has 8 heteroatoms. The number of hydrogen-bond acceptors (Lipinski definition) is 3. The molecule has 0 amide bonds. The molecule has 1 unspecified atom stereocenters. The molecule has 0 aromatic carbocycles. The van der Waals surface area contributed by atoms with E-state index in [1.54, 1.807) is 19.3 Å². The minimum atomic E-state index is 0. The highest BCUT2D eigenvalue weighted by molar-refractivity contribution is 14.0. The number of nitrogens with zero attached hydrogens (tertiary/aromatic N) is 2. The third kappa shape index (κ3) is 7.92. The first kappa shape index (κ1) is 20.5. The van der Waals surface area contributed by atoms with Gasteiger partial charge in [0.15, 0.2) is 5.96 Å². The zero-order chi connectivity index (χ0) is 15.0. The van der Waals surface area contributed by atoms with Crippen LogP contribution in [-0.2, 0) is 0 Å². The van der Waals surface area contributed by atoms with Gasteiger partial charge in [-0.15, -0.1) is 24.0 Å². The van der Waals surface area contributed by atoms with Crippen molar-refractivity contribution in [1.29, 1.82) is 0 Å². The maximum Gasteiger partial charge on any atom is 0.191 e. The van der Waals surface area contributed by atoms with E-state index in [-0.39, 0.29) is 24.0 Å². The van der Waals surface area contributed by atoms with Gasteiger partial charge in [0.05, 0.1) is 10.0 Å². The average molecular weight is 446 g/mol. The topological polar surface area (TPSA) is 61.3 Å². The first-order valence-corrected chi connectivity index (χ1v) is 7.34. The lowest BCUT2D eigenvalue weighted by Crippen LogP contribution is -2.43. The summed E-state index contributed by atoms with van der Waals surface area (Å²) in [6.07, 6.45) is 2.61. The lowest BCUT2D eigenvalue weighted by atomic mass is 10.3. The van der Waals surface area contributed by atoms with Crippen molar-refractivity contribution in [1.82, 2.24) is 15.6 Å². The second kappa shape index (κ2) is 11.1. The summed E-state index contributed by atoms with van der Waals surface area (Å²) in [5.74, 6) is 1.42. The molecule has 0 aliphatic heterocycles. The molecule has 0 bridgehead atoms. The number of pyridine rings is 1. The number of aliphatic imine (C=N–C) groups is 1. The van der Waals surface area contributed by atoms with E-state index in [2.05, 4.69) is 39.8 Å². The third-order valence-corrected chi connectivity index (χ3v) is 3.23. The van der Waals surface area contributed by atoms with Crippen molar-refractivity contribution in [2.45, 2.75) is 26.3 Å². The van der Waals surface area contributed by atoms with Crippen molar-refractivity contribution in [3.05, 3.63) is 22.3 Å². The van der Waals surface area contributed by atoms with E-state index in [1.165, 1.54) is 0 Å². The molecule has 0 saturated carbocycles. The number of nitrogens with one attached hydrogen (secondary N) is 3. The van der Waals surface area contributed by atoms with Crippen LogP contribution in [0, 0.1) is 0 Å². The van der Waals surface area contributed by atoms with E-state index in [1.807, 2.05) is 0 Å². The summed E-state index contributed by atoms with van der Waals surface area (Å²) in [6.45, 7) is 5.62. The molecule has 1 rings (SSSR count). The van der Waals surface area contributed by atoms with Crippen molar-refractivity contribution in [3.8, 4) is 0 Å². The Kier molecular flexibility index (Phi) is 10.9. The van der Waals surface area contributed by atoms with E-state index in [9.17, 15) is 0 Å². The molecule has 0 radical (unpaired) electrons. The third-order valence-electron chi connectivity index (χ3n) is 2.74. The van der Waals surface area contributed by atoms with Gasteiger partial charge in [-0.25, -0.2) is 4.98 Å². The van der Waals surface area contributed by atoms with E-state index < -0.39 is 0 Å². The number of anilines is 1. The molecule has 5 nitrogen and oxygen atoms in total. The Morgan fingerprint density at radius 2 is 2.10 bits per heavy atom. The summed E-state index contributed by atoms with van der Waals surface area (Å²) >= 11 is 11.8. The molecule has 120 valence electrons. The van der Waals surface area contributed by atoms with Crippen LogP contribution < -0.4 is 16.0 Å². The van der Waals surface area contributed by atoms with Crippen molar-refractivity contribution in [2.24, 2.45) is 4.99 Å². The molecule has 0 saturated heterocycles. The van der Waals surface area contributed by atoms with Crippen LogP contribution in [0.25, 0.3) is 0 Å². The SMILES string of the molecule is CCC(C)NC(=NC)NCCNc1ncc(Cl)cc1Cl.I. The number of guanidine groups is 1. The van der Waals surface area contributed by atoms with Crippen LogP contribution in [0.4, 0.5) is 5.82 Å². The van der Waals surface area contributed by atoms with Crippen molar-refractivity contribution < 1.29 is 0 Å². The van der Waals surface area contributed by atoms with Gasteiger partial charge >= 0.3 is 0 Å². The van der Waals surface area contributed by atoms with Crippen LogP contribution in [-0.4, -0.2) is 37.1 Å². The van der Waals surface area contributed by atoms with Crippen LogP contribution in [0.1, 0.15) is 20.3 Å². The van der Waals surface area contributed by atoms with Gasteiger partial charge in [0.25, 0.3) is 0 Å². The van der Waals surface area contributed by atoms with E-state index in [0.717, 1.165) is 12.4 Å². The predicted octanol–water partition coefficient (Wildman–Crippen LogP) is 3.38. The Morgan fingerprint density at radius 1 is 1.38 bits per heavy atom. The largest absolute Gasteiger partial charge is 0.367 e. The van der Waals surface area contributed by atoms with Crippen LogP contribution >= 0.6 is 47.2 Å². The minimum absolute atomic E-state index is 0. The second-order valence-electron chi connectivity index (χ2n) is 4.36. The molecule has 0 fully saturated rings. The van der Waals surface area contributed by atoms with Crippen LogP contribution in [0.2, 0.25) is 10.0 Å². The standard InChI is InChI=1S/C13H21Cl2N5.HI/c1-4-9(2)20-13(16-3)18-6-5-17-12-11(15)7-10(14)8-19-12;/h7-9H,4-6H2,1-3H3,(H,17,19)(H2,16,18,20);1H. The van der Waals surface area contributed by atoms with Gasteiger partial charge < -0.3 is 16.0 Å². The minimum Gasteiger partial charge on any atom is -0.367 e. The summed E-state index contributed by atoms with van der Waals surface area (Å²) in [5.41, 5.74) is 0. The molecule has 3 N–H and O–H groups in total. The molecule has 1 heterocycles. The smallest absolute Gasteiger partial charge is 0.191 e. The summed E-state index contributed by atoms with van der Waals surface area (Å²) in [4.78, 5) is 8.28. The molecule has 0 aliphatic rings. The Bertz CT molecular complexity index is 456. The number of rotatable bonds is 6. The maximum absolute atomic E-state index is 6.02.